The molecular formula is C23H28BFO4. The molecule has 0 aliphatic carbocycles. The van der Waals surface area contributed by atoms with E-state index in [4.69, 9.17) is 14.0 Å². The highest BCUT2D eigenvalue weighted by Gasteiger charge is 2.51. The Labute approximate surface area is 172 Å². The van der Waals surface area contributed by atoms with E-state index in [9.17, 15) is 9.50 Å². The fourth-order valence-electron chi connectivity index (χ4n) is 3.92. The molecule has 1 N–H and O–H groups in total. The maximum atomic E-state index is 13.4. The van der Waals surface area contributed by atoms with Crippen molar-refractivity contribution in [3.05, 3.63) is 58.9 Å². The first-order valence-corrected chi connectivity index (χ1v) is 10.1. The monoisotopic (exact) mass is 398 g/mol. The molecule has 0 spiro atoms. The summed E-state index contributed by atoms with van der Waals surface area (Å²) in [5, 5.41) is 10.8. The Morgan fingerprint density at radius 1 is 1.07 bits per heavy atom. The standard InChI is InChI=1S/C23H28BFO4/c1-14-10-17(25)8-6-15(14)11-18-13-20(26)19-12-16(7-9-21(19)27-18)24-28-22(2,3)23(4,5)29-24/h6-10,12,18,20,26H,11,13H2,1-5H3/t18-,20+/m0/s1. The molecular weight excluding hydrogens is 370 g/mol. The Kier molecular flexibility index (Phi) is 5.00. The van der Waals surface area contributed by atoms with Crippen molar-refractivity contribution in [1.82, 2.24) is 0 Å². The van der Waals surface area contributed by atoms with Gasteiger partial charge in [0.1, 0.15) is 17.7 Å². The van der Waals surface area contributed by atoms with Crippen LogP contribution >= 0.6 is 0 Å². The summed E-state index contributed by atoms with van der Waals surface area (Å²) in [6.07, 6.45) is 0.314. The molecule has 0 aromatic heterocycles. The largest absolute Gasteiger partial charge is 0.494 e. The highest BCUT2D eigenvalue weighted by molar-refractivity contribution is 6.62. The van der Waals surface area contributed by atoms with Crippen molar-refractivity contribution in [2.75, 3.05) is 0 Å². The lowest BCUT2D eigenvalue weighted by Gasteiger charge is -2.32. The zero-order valence-electron chi connectivity index (χ0n) is 17.7. The van der Waals surface area contributed by atoms with Crippen LogP contribution in [-0.4, -0.2) is 29.5 Å². The molecule has 0 radical (unpaired) electrons. The van der Waals surface area contributed by atoms with Gasteiger partial charge < -0.3 is 19.2 Å². The maximum absolute atomic E-state index is 13.4. The number of aliphatic hydroxyl groups is 1. The molecule has 2 heterocycles. The minimum absolute atomic E-state index is 0.163. The molecule has 6 heteroatoms. The zero-order chi connectivity index (χ0) is 21.0. The van der Waals surface area contributed by atoms with Crippen LogP contribution in [0.2, 0.25) is 0 Å². The maximum Gasteiger partial charge on any atom is 0.494 e. The van der Waals surface area contributed by atoms with E-state index in [0.29, 0.717) is 18.6 Å². The number of hydrogen-bond donors (Lipinski definition) is 1. The second kappa shape index (κ2) is 7.12. The molecule has 154 valence electrons. The number of ether oxygens (including phenoxy) is 1. The lowest BCUT2D eigenvalue weighted by molar-refractivity contribution is 0.00578. The molecule has 0 bridgehead atoms. The average Bonchev–Trinajstić information content (AvgIpc) is 2.85. The van der Waals surface area contributed by atoms with Crippen molar-refractivity contribution in [3.63, 3.8) is 0 Å². The van der Waals surface area contributed by atoms with Crippen molar-refractivity contribution in [1.29, 1.82) is 0 Å². The van der Waals surface area contributed by atoms with Crippen LogP contribution in [0.15, 0.2) is 36.4 Å². The Morgan fingerprint density at radius 2 is 1.76 bits per heavy atom. The molecule has 4 rings (SSSR count). The first-order valence-electron chi connectivity index (χ1n) is 10.1. The molecule has 0 saturated carbocycles. The highest BCUT2D eigenvalue weighted by atomic mass is 19.1. The second-order valence-corrected chi connectivity index (χ2v) is 9.15. The molecule has 0 unspecified atom stereocenters. The SMILES string of the molecule is Cc1cc(F)ccc1C[C@H]1C[C@@H](O)c2cc(B3OC(C)(C)C(C)(C)O3)ccc2O1. The Morgan fingerprint density at radius 3 is 2.41 bits per heavy atom. The van der Waals surface area contributed by atoms with Crippen LogP contribution in [0.25, 0.3) is 0 Å². The smallest absolute Gasteiger partial charge is 0.490 e. The first kappa shape index (κ1) is 20.4. The van der Waals surface area contributed by atoms with Crippen LogP contribution in [-0.2, 0) is 15.7 Å². The molecule has 2 aromatic carbocycles. The lowest BCUT2D eigenvalue weighted by atomic mass is 9.77. The first-order chi connectivity index (χ1) is 13.6. The van der Waals surface area contributed by atoms with Crippen molar-refractivity contribution in [2.45, 2.75) is 70.9 Å². The number of aryl methyl sites for hydroxylation is 1. The van der Waals surface area contributed by atoms with Crippen molar-refractivity contribution >= 4 is 12.6 Å². The molecule has 2 aliphatic heterocycles. The van der Waals surface area contributed by atoms with Gasteiger partial charge in [-0.1, -0.05) is 18.2 Å². The molecule has 29 heavy (non-hydrogen) atoms. The molecule has 2 atom stereocenters. The minimum atomic E-state index is -0.633. The van der Waals surface area contributed by atoms with Gasteiger partial charge in [0.2, 0.25) is 0 Å². The van der Waals surface area contributed by atoms with Gasteiger partial charge in [-0.2, -0.15) is 0 Å². The van der Waals surface area contributed by atoms with Gasteiger partial charge in [0.25, 0.3) is 0 Å². The van der Waals surface area contributed by atoms with Gasteiger partial charge in [-0.3, -0.25) is 0 Å². The summed E-state index contributed by atoms with van der Waals surface area (Å²) in [6.45, 7) is 9.97. The van der Waals surface area contributed by atoms with Crippen LogP contribution in [0.5, 0.6) is 5.75 Å². The van der Waals surface area contributed by atoms with E-state index in [-0.39, 0.29) is 11.9 Å². The van der Waals surface area contributed by atoms with E-state index in [1.165, 1.54) is 12.1 Å². The van der Waals surface area contributed by atoms with Gasteiger partial charge in [0.15, 0.2) is 0 Å². The van der Waals surface area contributed by atoms with Gasteiger partial charge in [-0.05, 0) is 69.4 Å². The number of fused-ring (bicyclic) bond motifs is 1. The fraction of sp³-hybridized carbons (Fsp3) is 0.478. The minimum Gasteiger partial charge on any atom is -0.490 e. The summed E-state index contributed by atoms with van der Waals surface area (Å²) in [7, 11) is -0.475. The fourth-order valence-corrected chi connectivity index (χ4v) is 3.92. The van der Waals surface area contributed by atoms with Crippen molar-refractivity contribution < 1.29 is 23.5 Å². The Balaban J connectivity index is 1.53. The molecule has 1 fully saturated rings. The molecule has 2 aromatic rings. The molecule has 4 nitrogen and oxygen atoms in total. The van der Waals surface area contributed by atoms with E-state index >= 15 is 0 Å². The molecule has 2 aliphatic rings. The number of rotatable bonds is 3. The van der Waals surface area contributed by atoms with Crippen LogP contribution in [0, 0.1) is 12.7 Å². The number of benzene rings is 2. The van der Waals surface area contributed by atoms with E-state index in [0.717, 1.165) is 22.2 Å². The van der Waals surface area contributed by atoms with Crippen LogP contribution < -0.4 is 10.2 Å². The van der Waals surface area contributed by atoms with Crippen LogP contribution in [0.1, 0.15) is 56.9 Å². The quantitative estimate of drug-likeness (QED) is 0.798. The number of aliphatic hydroxyl groups excluding tert-OH is 1. The topological polar surface area (TPSA) is 47.9 Å². The van der Waals surface area contributed by atoms with E-state index in [2.05, 4.69) is 0 Å². The highest BCUT2D eigenvalue weighted by Crippen LogP contribution is 2.38. The summed E-state index contributed by atoms with van der Waals surface area (Å²) in [4.78, 5) is 0. The summed E-state index contributed by atoms with van der Waals surface area (Å²) in [5.74, 6) is 0.435. The third-order valence-corrected chi connectivity index (χ3v) is 6.45. The van der Waals surface area contributed by atoms with Gasteiger partial charge in [-0.15, -0.1) is 0 Å². The third-order valence-electron chi connectivity index (χ3n) is 6.45. The normalized spacial score (nSPS) is 24.9. The molecule has 1 saturated heterocycles. The van der Waals surface area contributed by atoms with E-state index in [1.54, 1.807) is 6.07 Å². The summed E-state index contributed by atoms with van der Waals surface area (Å²) in [5.41, 5.74) is 2.72. The Hall–Kier alpha value is -1.89. The predicted molar refractivity (Wildman–Crippen MR) is 111 cm³/mol. The third kappa shape index (κ3) is 3.81. The number of hydrogen-bond acceptors (Lipinski definition) is 4. The van der Waals surface area contributed by atoms with Gasteiger partial charge in [-0.25, -0.2) is 4.39 Å². The predicted octanol–water partition coefficient (Wildman–Crippen LogP) is 3.86. The van der Waals surface area contributed by atoms with Gasteiger partial charge in [0, 0.05) is 18.4 Å². The Bertz CT molecular complexity index is 911. The summed E-state index contributed by atoms with van der Waals surface area (Å²) >= 11 is 0. The average molecular weight is 398 g/mol. The second-order valence-electron chi connectivity index (χ2n) is 9.15. The van der Waals surface area contributed by atoms with Crippen molar-refractivity contribution in [2.24, 2.45) is 0 Å². The summed E-state index contributed by atoms with van der Waals surface area (Å²) in [6, 6.07) is 10.5. The van der Waals surface area contributed by atoms with Gasteiger partial charge in [0.05, 0.1) is 17.3 Å². The van der Waals surface area contributed by atoms with E-state index in [1.807, 2.05) is 52.8 Å². The van der Waals surface area contributed by atoms with Gasteiger partial charge >= 0.3 is 7.12 Å². The lowest BCUT2D eigenvalue weighted by Crippen LogP contribution is -2.41. The molecule has 0 amide bonds. The van der Waals surface area contributed by atoms with Crippen LogP contribution in [0.3, 0.4) is 0 Å². The van der Waals surface area contributed by atoms with Crippen LogP contribution in [0.4, 0.5) is 4.39 Å². The zero-order valence-corrected chi connectivity index (χ0v) is 17.7. The summed E-state index contributed by atoms with van der Waals surface area (Å²) < 4.78 is 31.8. The van der Waals surface area contributed by atoms with E-state index < -0.39 is 24.4 Å². The number of halogens is 1. The van der Waals surface area contributed by atoms with Crippen molar-refractivity contribution in [3.8, 4) is 5.75 Å².